The van der Waals surface area contributed by atoms with Crippen LogP contribution in [0.15, 0.2) is 18.2 Å². The lowest BCUT2D eigenvalue weighted by atomic mass is 10.1. The first-order chi connectivity index (χ1) is 10.4. The van der Waals surface area contributed by atoms with Gasteiger partial charge in [0.2, 0.25) is 0 Å². The van der Waals surface area contributed by atoms with E-state index in [-0.39, 0.29) is 11.5 Å². The first-order valence-corrected chi connectivity index (χ1v) is 7.36. The zero-order chi connectivity index (χ0) is 15.8. The lowest BCUT2D eigenvalue weighted by Gasteiger charge is -2.32. The standard InChI is InChI=1S/C15H17F4NO2/c16-14(17)15(18,19)22-13-10-11(5-6-12(13)21-14)4-3-9-20-7-1-2-8-20/h5-6,10H,1-4,7-9H2. The van der Waals surface area contributed by atoms with Gasteiger partial charge in [-0.25, -0.2) is 0 Å². The summed E-state index contributed by atoms with van der Waals surface area (Å²) >= 11 is 0. The molecule has 0 amide bonds. The van der Waals surface area contributed by atoms with E-state index in [4.69, 9.17) is 0 Å². The molecule has 2 aliphatic rings. The fourth-order valence-electron chi connectivity index (χ4n) is 2.78. The van der Waals surface area contributed by atoms with E-state index >= 15 is 0 Å². The molecule has 3 rings (SSSR count). The van der Waals surface area contributed by atoms with Crippen LogP contribution in [0.2, 0.25) is 0 Å². The van der Waals surface area contributed by atoms with E-state index in [1.54, 1.807) is 6.07 Å². The van der Waals surface area contributed by atoms with Crippen molar-refractivity contribution in [2.24, 2.45) is 0 Å². The van der Waals surface area contributed by atoms with Crippen molar-refractivity contribution >= 4 is 0 Å². The topological polar surface area (TPSA) is 21.7 Å². The van der Waals surface area contributed by atoms with Gasteiger partial charge in [-0.15, -0.1) is 0 Å². The highest BCUT2D eigenvalue weighted by molar-refractivity contribution is 5.44. The first-order valence-electron chi connectivity index (χ1n) is 7.36. The minimum Gasteiger partial charge on any atom is -0.421 e. The van der Waals surface area contributed by atoms with E-state index < -0.39 is 12.2 Å². The summed E-state index contributed by atoms with van der Waals surface area (Å²) in [6, 6.07) is 4.21. The van der Waals surface area contributed by atoms with Gasteiger partial charge < -0.3 is 14.4 Å². The van der Waals surface area contributed by atoms with Gasteiger partial charge in [-0.3, -0.25) is 0 Å². The fourth-order valence-corrected chi connectivity index (χ4v) is 2.78. The summed E-state index contributed by atoms with van der Waals surface area (Å²) in [6.07, 6.45) is -5.33. The lowest BCUT2D eigenvalue weighted by Crippen LogP contribution is -2.52. The molecule has 0 N–H and O–H groups in total. The zero-order valence-electron chi connectivity index (χ0n) is 12.0. The van der Waals surface area contributed by atoms with E-state index in [2.05, 4.69) is 14.4 Å². The Kier molecular flexibility index (Phi) is 3.92. The highest BCUT2D eigenvalue weighted by atomic mass is 19.3. The number of hydrogen-bond donors (Lipinski definition) is 0. The van der Waals surface area contributed by atoms with Gasteiger partial charge >= 0.3 is 12.2 Å². The molecule has 22 heavy (non-hydrogen) atoms. The van der Waals surface area contributed by atoms with Gasteiger partial charge in [0.1, 0.15) is 0 Å². The molecule has 0 unspecified atom stereocenters. The second-order valence-corrected chi connectivity index (χ2v) is 5.67. The van der Waals surface area contributed by atoms with E-state index in [1.165, 1.54) is 25.0 Å². The van der Waals surface area contributed by atoms with Crippen LogP contribution in [0.3, 0.4) is 0 Å². The number of ether oxygens (including phenoxy) is 2. The largest absolute Gasteiger partial charge is 0.507 e. The Balaban J connectivity index is 1.64. The SMILES string of the molecule is FC1(F)Oc2ccc(CCCN3CCCC3)cc2OC1(F)F. The molecule has 1 fully saturated rings. The third-order valence-electron chi connectivity index (χ3n) is 3.96. The average molecular weight is 319 g/mol. The van der Waals surface area contributed by atoms with Gasteiger partial charge in [0.15, 0.2) is 11.5 Å². The number of aryl methyl sites for hydroxylation is 1. The second-order valence-electron chi connectivity index (χ2n) is 5.67. The van der Waals surface area contributed by atoms with Crippen molar-refractivity contribution < 1.29 is 27.0 Å². The molecule has 1 aromatic rings. The molecule has 1 saturated heterocycles. The minimum atomic E-state index is -4.66. The Bertz CT molecular complexity index is 544. The predicted octanol–water partition coefficient (Wildman–Crippen LogP) is 3.67. The number of rotatable bonds is 4. The lowest BCUT2D eigenvalue weighted by molar-refractivity contribution is -0.391. The van der Waals surface area contributed by atoms with Crippen molar-refractivity contribution in [3.8, 4) is 11.5 Å². The number of halogens is 4. The van der Waals surface area contributed by atoms with Gasteiger partial charge in [0.25, 0.3) is 0 Å². The molecule has 0 radical (unpaired) electrons. The molecule has 122 valence electrons. The van der Waals surface area contributed by atoms with Crippen LogP contribution in [-0.4, -0.2) is 36.8 Å². The molecule has 0 atom stereocenters. The summed E-state index contributed by atoms with van der Waals surface area (Å²) in [5.74, 6) is -0.700. The Morgan fingerprint density at radius 1 is 0.955 bits per heavy atom. The van der Waals surface area contributed by atoms with E-state index in [0.717, 1.165) is 31.6 Å². The monoisotopic (exact) mass is 319 g/mol. The summed E-state index contributed by atoms with van der Waals surface area (Å²) < 4.78 is 60.6. The van der Waals surface area contributed by atoms with E-state index in [0.29, 0.717) is 6.42 Å². The molecule has 2 heterocycles. The molecular formula is C15H17F4NO2. The van der Waals surface area contributed by atoms with Crippen molar-refractivity contribution in [3.63, 3.8) is 0 Å². The number of likely N-dealkylation sites (tertiary alicyclic amines) is 1. The van der Waals surface area contributed by atoms with Crippen LogP contribution in [-0.2, 0) is 6.42 Å². The Hall–Kier alpha value is -1.50. The number of benzene rings is 1. The van der Waals surface area contributed by atoms with Crippen molar-refractivity contribution in [2.75, 3.05) is 19.6 Å². The molecule has 1 aromatic carbocycles. The highest BCUT2D eigenvalue weighted by Crippen LogP contribution is 2.47. The van der Waals surface area contributed by atoms with Crippen molar-refractivity contribution in [1.82, 2.24) is 4.90 Å². The van der Waals surface area contributed by atoms with Gasteiger partial charge in [0.05, 0.1) is 0 Å². The Morgan fingerprint density at radius 2 is 1.59 bits per heavy atom. The zero-order valence-corrected chi connectivity index (χ0v) is 12.0. The predicted molar refractivity (Wildman–Crippen MR) is 71.6 cm³/mol. The quantitative estimate of drug-likeness (QED) is 0.791. The number of fused-ring (bicyclic) bond motifs is 1. The highest BCUT2D eigenvalue weighted by Gasteiger charge is 2.65. The number of alkyl halides is 4. The van der Waals surface area contributed by atoms with Crippen LogP contribution in [0, 0.1) is 0 Å². The van der Waals surface area contributed by atoms with Gasteiger partial charge in [-0.2, -0.15) is 17.6 Å². The molecular weight excluding hydrogens is 302 g/mol. The summed E-state index contributed by atoms with van der Waals surface area (Å²) in [6.45, 7) is 3.15. The van der Waals surface area contributed by atoms with Gasteiger partial charge in [-0.05, 0) is 63.0 Å². The summed E-state index contributed by atoms with van der Waals surface area (Å²) in [4.78, 5) is 2.35. The molecule has 0 saturated carbocycles. The minimum absolute atomic E-state index is 0.338. The molecule has 7 heteroatoms. The molecule has 0 aliphatic carbocycles. The average Bonchev–Trinajstić information content (AvgIpc) is 2.93. The van der Waals surface area contributed by atoms with Crippen molar-refractivity contribution in [3.05, 3.63) is 23.8 Å². The summed E-state index contributed by atoms with van der Waals surface area (Å²) in [5.41, 5.74) is 0.766. The third-order valence-corrected chi connectivity index (χ3v) is 3.96. The first kappa shape index (κ1) is 15.4. The third kappa shape index (κ3) is 2.99. The van der Waals surface area contributed by atoms with Crippen LogP contribution in [0.1, 0.15) is 24.8 Å². The number of nitrogens with zero attached hydrogens (tertiary/aromatic N) is 1. The normalized spacial score (nSPS) is 22.7. The molecule has 0 bridgehead atoms. The van der Waals surface area contributed by atoms with E-state index in [1.807, 2.05) is 0 Å². The molecule has 3 nitrogen and oxygen atoms in total. The van der Waals surface area contributed by atoms with Crippen LogP contribution in [0.4, 0.5) is 17.6 Å². The van der Waals surface area contributed by atoms with Crippen LogP contribution >= 0.6 is 0 Å². The fraction of sp³-hybridized carbons (Fsp3) is 0.600. The second kappa shape index (κ2) is 5.61. The Morgan fingerprint density at radius 3 is 2.27 bits per heavy atom. The summed E-state index contributed by atoms with van der Waals surface area (Å²) in [5, 5.41) is 0. The molecule has 0 aromatic heterocycles. The van der Waals surface area contributed by atoms with Gasteiger partial charge in [-0.1, -0.05) is 6.07 Å². The van der Waals surface area contributed by atoms with E-state index in [9.17, 15) is 17.6 Å². The number of hydrogen-bond acceptors (Lipinski definition) is 3. The van der Waals surface area contributed by atoms with Crippen molar-refractivity contribution in [2.45, 2.75) is 37.9 Å². The smallest absolute Gasteiger partial charge is 0.421 e. The molecule has 2 aliphatic heterocycles. The maximum atomic E-state index is 13.1. The maximum absolute atomic E-state index is 13.1. The van der Waals surface area contributed by atoms with Gasteiger partial charge in [0, 0.05) is 0 Å². The summed E-state index contributed by atoms with van der Waals surface area (Å²) in [7, 11) is 0. The van der Waals surface area contributed by atoms with Crippen molar-refractivity contribution in [1.29, 1.82) is 0 Å². The van der Waals surface area contributed by atoms with Crippen LogP contribution in [0.25, 0.3) is 0 Å². The Labute approximate surface area is 125 Å². The van der Waals surface area contributed by atoms with Crippen LogP contribution < -0.4 is 9.47 Å². The molecule has 0 spiro atoms. The maximum Gasteiger partial charge on any atom is 0.507 e. The van der Waals surface area contributed by atoms with Crippen LogP contribution in [0.5, 0.6) is 11.5 Å².